The third kappa shape index (κ3) is 3.42. The van der Waals surface area contributed by atoms with Gasteiger partial charge in [-0.15, -0.1) is 0 Å². The zero-order valence-electron chi connectivity index (χ0n) is 8.61. The van der Waals surface area contributed by atoms with Crippen LogP contribution in [-0.4, -0.2) is 12.1 Å². The molecule has 0 saturated carbocycles. The highest BCUT2D eigenvalue weighted by Crippen LogP contribution is 2.15. The van der Waals surface area contributed by atoms with E-state index < -0.39 is 0 Å². The molecule has 0 spiro atoms. The molecule has 0 aliphatic carbocycles. The van der Waals surface area contributed by atoms with Crippen molar-refractivity contribution in [1.29, 1.82) is 0 Å². The molecule has 0 aromatic heterocycles. The Bertz CT molecular complexity index is 353. The van der Waals surface area contributed by atoms with Crippen molar-refractivity contribution in [2.75, 3.05) is 4.53 Å². The number of benzene rings is 1. The molecule has 0 amide bonds. The summed E-state index contributed by atoms with van der Waals surface area (Å²) in [7, 11) is 0. The number of hydrogen-bond acceptors (Lipinski definition) is 4. The standard InChI is InChI=1S/C10H13ClN2O2/c1-7(2)15-10(14)8-4-3-5-9(6-8)13(11)12/h3-7H,12H2,1-2H3. The Morgan fingerprint density at radius 3 is 2.73 bits per heavy atom. The molecule has 0 aliphatic heterocycles. The van der Waals surface area contributed by atoms with Crippen LogP contribution >= 0.6 is 11.8 Å². The fourth-order valence-electron chi connectivity index (χ4n) is 1.05. The fourth-order valence-corrected chi connectivity index (χ4v) is 1.15. The van der Waals surface area contributed by atoms with E-state index in [9.17, 15) is 4.79 Å². The molecule has 0 atom stereocenters. The van der Waals surface area contributed by atoms with Crippen LogP contribution in [0.4, 0.5) is 5.69 Å². The summed E-state index contributed by atoms with van der Waals surface area (Å²) < 4.78 is 5.95. The van der Waals surface area contributed by atoms with Crippen molar-refractivity contribution in [1.82, 2.24) is 0 Å². The normalized spacial score (nSPS) is 10.2. The maximum absolute atomic E-state index is 11.5. The zero-order valence-corrected chi connectivity index (χ0v) is 9.36. The second-order valence-corrected chi connectivity index (χ2v) is 3.68. The van der Waals surface area contributed by atoms with Gasteiger partial charge in [-0.3, -0.25) is 0 Å². The Balaban J connectivity index is 2.85. The lowest BCUT2D eigenvalue weighted by Crippen LogP contribution is -2.19. The predicted molar refractivity (Wildman–Crippen MR) is 59.5 cm³/mol. The topological polar surface area (TPSA) is 55.6 Å². The van der Waals surface area contributed by atoms with Crippen molar-refractivity contribution in [2.24, 2.45) is 5.84 Å². The number of nitrogens with two attached hydrogens (primary N) is 1. The van der Waals surface area contributed by atoms with Crippen molar-refractivity contribution in [3.8, 4) is 0 Å². The monoisotopic (exact) mass is 228 g/mol. The SMILES string of the molecule is CC(C)OC(=O)c1cccc(N(N)Cl)c1. The Morgan fingerprint density at radius 2 is 2.20 bits per heavy atom. The van der Waals surface area contributed by atoms with Gasteiger partial charge in [-0.2, -0.15) is 0 Å². The van der Waals surface area contributed by atoms with Crippen molar-refractivity contribution >= 4 is 23.4 Å². The first-order valence-electron chi connectivity index (χ1n) is 4.52. The van der Waals surface area contributed by atoms with E-state index in [0.29, 0.717) is 11.3 Å². The van der Waals surface area contributed by atoms with Crippen LogP contribution in [0, 0.1) is 0 Å². The average molecular weight is 229 g/mol. The van der Waals surface area contributed by atoms with Crippen molar-refractivity contribution in [2.45, 2.75) is 20.0 Å². The molecule has 0 radical (unpaired) electrons. The molecule has 0 saturated heterocycles. The van der Waals surface area contributed by atoms with Gasteiger partial charge in [-0.1, -0.05) is 6.07 Å². The molecule has 1 aromatic carbocycles. The number of esters is 1. The Hall–Kier alpha value is -1.26. The molecule has 0 unspecified atom stereocenters. The summed E-state index contributed by atoms with van der Waals surface area (Å²) in [5, 5.41) is 0. The molecule has 4 nitrogen and oxygen atoms in total. The molecular formula is C10H13ClN2O2. The maximum atomic E-state index is 11.5. The van der Waals surface area contributed by atoms with Gasteiger partial charge in [-0.25, -0.2) is 15.2 Å². The first kappa shape index (κ1) is 11.8. The van der Waals surface area contributed by atoms with Crippen molar-refractivity contribution in [3.05, 3.63) is 29.8 Å². The second kappa shape index (κ2) is 5.00. The summed E-state index contributed by atoms with van der Waals surface area (Å²) in [6.07, 6.45) is -0.147. The minimum absolute atomic E-state index is 0.147. The van der Waals surface area contributed by atoms with Crippen LogP contribution in [0.2, 0.25) is 0 Å². The fraction of sp³-hybridized carbons (Fsp3) is 0.300. The van der Waals surface area contributed by atoms with E-state index in [4.69, 9.17) is 22.4 Å². The third-order valence-electron chi connectivity index (χ3n) is 1.67. The van der Waals surface area contributed by atoms with E-state index >= 15 is 0 Å². The number of carbonyl (C=O) groups is 1. The van der Waals surface area contributed by atoms with Crippen LogP contribution in [0.15, 0.2) is 24.3 Å². The average Bonchev–Trinajstić information content (AvgIpc) is 2.17. The molecule has 5 heteroatoms. The lowest BCUT2D eigenvalue weighted by Gasteiger charge is -2.11. The summed E-state index contributed by atoms with van der Waals surface area (Å²) in [6.45, 7) is 3.58. The number of ether oxygens (including phenoxy) is 1. The lowest BCUT2D eigenvalue weighted by atomic mass is 10.2. The first-order valence-corrected chi connectivity index (χ1v) is 4.86. The molecular weight excluding hydrogens is 216 g/mol. The molecule has 82 valence electrons. The van der Waals surface area contributed by atoms with Gasteiger partial charge in [0.2, 0.25) is 0 Å². The number of hydrazine groups is 1. The molecule has 0 aliphatic rings. The Labute approximate surface area is 93.7 Å². The highest BCUT2D eigenvalue weighted by atomic mass is 35.5. The van der Waals surface area contributed by atoms with Gasteiger partial charge < -0.3 is 4.74 Å². The van der Waals surface area contributed by atoms with Gasteiger partial charge in [0.1, 0.15) is 0 Å². The van der Waals surface area contributed by atoms with E-state index in [1.54, 1.807) is 38.1 Å². The number of carbonyl (C=O) groups excluding carboxylic acids is 1. The van der Waals surface area contributed by atoms with E-state index in [-0.39, 0.29) is 12.1 Å². The van der Waals surface area contributed by atoms with Gasteiger partial charge in [0.05, 0.1) is 17.4 Å². The van der Waals surface area contributed by atoms with Crippen LogP contribution in [0.3, 0.4) is 0 Å². The smallest absolute Gasteiger partial charge is 0.338 e. The number of halogens is 1. The molecule has 15 heavy (non-hydrogen) atoms. The highest BCUT2D eigenvalue weighted by Gasteiger charge is 2.10. The van der Waals surface area contributed by atoms with Gasteiger partial charge in [0, 0.05) is 11.8 Å². The lowest BCUT2D eigenvalue weighted by molar-refractivity contribution is 0.0378. The zero-order chi connectivity index (χ0) is 11.4. The second-order valence-electron chi connectivity index (χ2n) is 3.32. The third-order valence-corrected chi connectivity index (χ3v) is 1.87. The Kier molecular flexibility index (Phi) is 3.94. The molecule has 0 bridgehead atoms. The quantitative estimate of drug-likeness (QED) is 0.373. The van der Waals surface area contributed by atoms with Gasteiger partial charge in [0.25, 0.3) is 0 Å². The number of rotatable bonds is 3. The minimum atomic E-state index is -0.384. The van der Waals surface area contributed by atoms with Gasteiger partial charge >= 0.3 is 5.97 Å². The summed E-state index contributed by atoms with van der Waals surface area (Å²) in [6, 6.07) is 6.60. The maximum Gasteiger partial charge on any atom is 0.338 e. The summed E-state index contributed by atoms with van der Waals surface area (Å²) in [5.74, 6) is 4.95. The van der Waals surface area contributed by atoms with Crippen LogP contribution in [-0.2, 0) is 4.74 Å². The number of nitrogens with zero attached hydrogens (tertiary/aromatic N) is 1. The van der Waals surface area contributed by atoms with Crippen molar-refractivity contribution in [3.63, 3.8) is 0 Å². The Morgan fingerprint density at radius 1 is 1.53 bits per heavy atom. The summed E-state index contributed by atoms with van der Waals surface area (Å²) >= 11 is 5.54. The van der Waals surface area contributed by atoms with E-state index in [2.05, 4.69) is 0 Å². The van der Waals surface area contributed by atoms with Crippen LogP contribution in [0.25, 0.3) is 0 Å². The number of hydrogen-bond donors (Lipinski definition) is 1. The molecule has 1 aromatic rings. The van der Waals surface area contributed by atoms with E-state index in [1.165, 1.54) is 0 Å². The van der Waals surface area contributed by atoms with Gasteiger partial charge in [-0.05, 0) is 32.0 Å². The van der Waals surface area contributed by atoms with Crippen LogP contribution in [0.1, 0.15) is 24.2 Å². The van der Waals surface area contributed by atoms with Crippen LogP contribution in [0.5, 0.6) is 0 Å². The van der Waals surface area contributed by atoms with Gasteiger partial charge in [0.15, 0.2) is 0 Å². The summed E-state index contributed by atoms with van der Waals surface area (Å²) in [4.78, 5) is 11.5. The molecule has 0 fully saturated rings. The van der Waals surface area contributed by atoms with E-state index in [0.717, 1.165) is 4.53 Å². The molecule has 1 rings (SSSR count). The highest BCUT2D eigenvalue weighted by molar-refractivity contribution is 6.24. The molecule has 2 N–H and O–H groups in total. The number of anilines is 1. The minimum Gasteiger partial charge on any atom is -0.459 e. The van der Waals surface area contributed by atoms with Crippen LogP contribution < -0.4 is 10.4 Å². The summed E-state index contributed by atoms with van der Waals surface area (Å²) in [5.41, 5.74) is 0.965. The van der Waals surface area contributed by atoms with E-state index in [1.807, 2.05) is 0 Å². The molecule has 0 heterocycles. The van der Waals surface area contributed by atoms with Crippen molar-refractivity contribution < 1.29 is 9.53 Å². The first-order chi connectivity index (χ1) is 7.00. The largest absolute Gasteiger partial charge is 0.459 e. The predicted octanol–water partition coefficient (Wildman–Crippen LogP) is 2.09.